The zero-order chi connectivity index (χ0) is 13.3. The highest BCUT2D eigenvalue weighted by Gasteiger charge is 2.16. The van der Waals surface area contributed by atoms with E-state index in [1.54, 1.807) is 6.92 Å². The first-order valence-corrected chi connectivity index (χ1v) is 6.32. The normalized spacial score (nSPS) is 10.4. The molecular weight excluding hydrogens is 248 g/mol. The summed E-state index contributed by atoms with van der Waals surface area (Å²) >= 11 is 1.19. The number of aromatic carboxylic acids is 1. The van der Waals surface area contributed by atoms with Gasteiger partial charge in [0.2, 0.25) is 0 Å². The van der Waals surface area contributed by atoms with Crippen LogP contribution in [0.2, 0.25) is 0 Å². The minimum absolute atomic E-state index is 0.295. The fourth-order valence-corrected chi connectivity index (χ4v) is 2.49. The lowest BCUT2D eigenvalue weighted by atomic mass is 10.2. The number of benzene rings is 1. The lowest BCUT2D eigenvalue weighted by molar-refractivity contribution is 0.0701. The standard InChI is InChI=1S/C13H14N2O2S/c1-8-4-6-10(7-5-8)15(3)13-14-9(2)11(18-13)12(16)17/h4-7H,1-3H3,(H,16,17). The Labute approximate surface area is 110 Å². The van der Waals surface area contributed by atoms with Gasteiger partial charge in [0.25, 0.3) is 0 Å². The van der Waals surface area contributed by atoms with Crippen molar-refractivity contribution in [2.24, 2.45) is 0 Å². The van der Waals surface area contributed by atoms with Gasteiger partial charge in [0.05, 0.1) is 5.69 Å². The van der Waals surface area contributed by atoms with E-state index < -0.39 is 5.97 Å². The Bertz CT molecular complexity index is 575. The number of aryl methyl sites for hydroxylation is 2. The van der Waals surface area contributed by atoms with E-state index in [9.17, 15) is 4.79 Å². The second kappa shape index (κ2) is 4.78. The molecule has 1 N–H and O–H groups in total. The van der Waals surface area contributed by atoms with Crippen molar-refractivity contribution in [2.75, 3.05) is 11.9 Å². The van der Waals surface area contributed by atoms with E-state index in [-0.39, 0.29) is 0 Å². The monoisotopic (exact) mass is 262 g/mol. The van der Waals surface area contributed by atoms with E-state index in [0.29, 0.717) is 15.7 Å². The van der Waals surface area contributed by atoms with Gasteiger partial charge in [-0.15, -0.1) is 0 Å². The molecule has 0 aliphatic carbocycles. The minimum Gasteiger partial charge on any atom is -0.477 e. The zero-order valence-corrected chi connectivity index (χ0v) is 11.3. The van der Waals surface area contributed by atoms with Gasteiger partial charge in [-0.2, -0.15) is 0 Å². The van der Waals surface area contributed by atoms with Crippen LogP contribution in [0.25, 0.3) is 0 Å². The van der Waals surface area contributed by atoms with Crippen molar-refractivity contribution in [2.45, 2.75) is 13.8 Å². The molecule has 0 aliphatic rings. The van der Waals surface area contributed by atoms with Crippen LogP contribution in [0.3, 0.4) is 0 Å². The van der Waals surface area contributed by atoms with Gasteiger partial charge in [-0.25, -0.2) is 9.78 Å². The van der Waals surface area contributed by atoms with Crippen LogP contribution in [0.4, 0.5) is 10.8 Å². The molecule has 0 radical (unpaired) electrons. The molecule has 2 aromatic rings. The second-order valence-corrected chi connectivity index (χ2v) is 5.09. The molecule has 1 aromatic heterocycles. The quantitative estimate of drug-likeness (QED) is 0.922. The van der Waals surface area contributed by atoms with Crippen LogP contribution in [0, 0.1) is 13.8 Å². The third-order valence-corrected chi connectivity index (χ3v) is 3.91. The molecular formula is C13H14N2O2S. The Morgan fingerprint density at radius 2 is 1.89 bits per heavy atom. The SMILES string of the molecule is Cc1ccc(N(C)c2nc(C)c(C(=O)O)s2)cc1. The van der Waals surface area contributed by atoms with Gasteiger partial charge in [0, 0.05) is 12.7 Å². The molecule has 0 aliphatic heterocycles. The number of nitrogens with zero attached hydrogens (tertiary/aromatic N) is 2. The summed E-state index contributed by atoms with van der Waals surface area (Å²) in [6, 6.07) is 8.02. The number of anilines is 2. The molecule has 0 saturated carbocycles. The molecule has 2 rings (SSSR count). The van der Waals surface area contributed by atoms with Crippen LogP contribution in [0.5, 0.6) is 0 Å². The molecule has 0 fully saturated rings. The first-order valence-electron chi connectivity index (χ1n) is 5.50. The molecule has 4 nitrogen and oxygen atoms in total. The van der Waals surface area contributed by atoms with E-state index in [2.05, 4.69) is 4.98 Å². The Morgan fingerprint density at radius 1 is 1.28 bits per heavy atom. The highest BCUT2D eigenvalue weighted by molar-refractivity contribution is 7.17. The number of aromatic nitrogens is 1. The van der Waals surface area contributed by atoms with E-state index in [1.807, 2.05) is 43.1 Å². The van der Waals surface area contributed by atoms with Crippen LogP contribution < -0.4 is 4.90 Å². The summed E-state index contributed by atoms with van der Waals surface area (Å²) in [4.78, 5) is 17.5. The maximum Gasteiger partial charge on any atom is 0.347 e. The molecule has 18 heavy (non-hydrogen) atoms. The first-order chi connectivity index (χ1) is 8.49. The number of rotatable bonds is 3. The largest absolute Gasteiger partial charge is 0.477 e. The number of carboxylic acids is 1. The van der Waals surface area contributed by atoms with E-state index >= 15 is 0 Å². The molecule has 0 amide bonds. The van der Waals surface area contributed by atoms with Crippen LogP contribution in [0.15, 0.2) is 24.3 Å². The number of hydrogen-bond donors (Lipinski definition) is 1. The van der Waals surface area contributed by atoms with Gasteiger partial charge in [0.1, 0.15) is 4.88 Å². The predicted molar refractivity (Wildman–Crippen MR) is 73.1 cm³/mol. The van der Waals surface area contributed by atoms with Crippen LogP contribution in [-0.2, 0) is 0 Å². The summed E-state index contributed by atoms with van der Waals surface area (Å²) in [5.41, 5.74) is 2.74. The zero-order valence-electron chi connectivity index (χ0n) is 10.5. The van der Waals surface area contributed by atoms with Crippen LogP contribution in [-0.4, -0.2) is 23.1 Å². The fourth-order valence-electron chi connectivity index (χ4n) is 1.60. The number of thiazole rings is 1. The van der Waals surface area contributed by atoms with Gasteiger partial charge in [-0.3, -0.25) is 0 Å². The summed E-state index contributed by atoms with van der Waals surface area (Å²) < 4.78 is 0. The van der Waals surface area contributed by atoms with Gasteiger partial charge < -0.3 is 10.0 Å². The fraction of sp³-hybridized carbons (Fsp3) is 0.231. The molecule has 0 unspecified atom stereocenters. The molecule has 1 aromatic carbocycles. The summed E-state index contributed by atoms with van der Waals surface area (Å²) in [7, 11) is 1.88. The van der Waals surface area contributed by atoms with Gasteiger partial charge in [0.15, 0.2) is 5.13 Å². The predicted octanol–water partition coefficient (Wildman–Crippen LogP) is 3.23. The summed E-state index contributed by atoms with van der Waals surface area (Å²) in [5.74, 6) is -0.923. The van der Waals surface area contributed by atoms with E-state index in [1.165, 1.54) is 16.9 Å². The third-order valence-electron chi connectivity index (χ3n) is 2.69. The summed E-state index contributed by atoms with van der Waals surface area (Å²) in [6.07, 6.45) is 0. The average Bonchev–Trinajstić information content (AvgIpc) is 2.71. The van der Waals surface area contributed by atoms with Gasteiger partial charge in [-0.1, -0.05) is 29.0 Å². The van der Waals surface area contributed by atoms with E-state index in [0.717, 1.165) is 5.69 Å². The van der Waals surface area contributed by atoms with Crippen LogP contribution in [0.1, 0.15) is 20.9 Å². The van der Waals surface area contributed by atoms with Crippen molar-refractivity contribution < 1.29 is 9.90 Å². The lowest BCUT2D eigenvalue weighted by Crippen LogP contribution is -2.08. The highest BCUT2D eigenvalue weighted by atomic mass is 32.1. The minimum atomic E-state index is -0.923. The van der Waals surface area contributed by atoms with Crippen molar-refractivity contribution in [3.63, 3.8) is 0 Å². The molecule has 94 valence electrons. The van der Waals surface area contributed by atoms with Gasteiger partial charge >= 0.3 is 5.97 Å². The second-order valence-electron chi connectivity index (χ2n) is 4.11. The Balaban J connectivity index is 2.34. The highest BCUT2D eigenvalue weighted by Crippen LogP contribution is 2.30. The maximum atomic E-state index is 11.0. The summed E-state index contributed by atoms with van der Waals surface area (Å²) in [6.45, 7) is 3.74. The van der Waals surface area contributed by atoms with Crippen LogP contribution >= 0.6 is 11.3 Å². The third kappa shape index (κ3) is 2.36. The number of carbonyl (C=O) groups is 1. The molecule has 0 atom stereocenters. The topological polar surface area (TPSA) is 53.4 Å². The molecule has 5 heteroatoms. The van der Waals surface area contributed by atoms with Crippen molar-refractivity contribution in [1.29, 1.82) is 0 Å². The smallest absolute Gasteiger partial charge is 0.347 e. The molecule has 0 bridgehead atoms. The number of carboxylic acid groups (broad SMARTS) is 1. The maximum absolute atomic E-state index is 11.0. The Kier molecular flexibility index (Phi) is 3.34. The van der Waals surface area contributed by atoms with Crippen molar-refractivity contribution in [3.05, 3.63) is 40.4 Å². The molecule has 1 heterocycles. The number of hydrogen-bond acceptors (Lipinski definition) is 4. The molecule has 0 spiro atoms. The van der Waals surface area contributed by atoms with Gasteiger partial charge in [-0.05, 0) is 26.0 Å². The summed E-state index contributed by atoms with van der Waals surface area (Å²) in [5, 5.41) is 9.71. The van der Waals surface area contributed by atoms with Crippen molar-refractivity contribution in [1.82, 2.24) is 4.98 Å². The Morgan fingerprint density at radius 3 is 2.39 bits per heavy atom. The van der Waals surface area contributed by atoms with E-state index in [4.69, 9.17) is 5.11 Å². The van der Waals surface area contributed by atoms with Crippen molar-refractivity contribution >= 4 is 28.1 Å². The lowest BCUT2D eigenvalue weighted by Gasteiger charge is -2.15. The molecule has 0 saturated heterocycles. The van der Waals surface area contributed by atoms with Crippen molar-refractivity contribution in [3.8, 4) is 0 Å². The Hall–Kier alpha value is -1.88. The first kappa shape index (κ1) is 12.6. The average molecular weight is 262 g/mol.